The van der Waals surface area contributed by atoms with Crippen LogP contribution in [0, 0.1) is 0 Å². The minimum atomic E-state index is -0.383. The van der Waals surface area contributed by atoms with Crippen molar-refractivity contribution in [1.82, 2.24) is 4.98 Å². The Morgan fingerprint density at radius 2 is 1.68 bits per heavy atom. The van der Waals surface area contributed by atoms with E-state index in [1.807, 2.05) is 18.2 Å². The molecule has 4 nitrogen and oxygen atoms in total. The molecule has 0 aliphatic carbocycles. The molecule has 0 bridgehead atoms. The second-order valence-corrected chi connectivity index (χ2v) is 6.41. The van der Waals surface area contributed by atoms with Crippen LogP contribution in [0.4, 0.5) is 0 Å². The van der Waals surface area contributed by atoms with Crippen molar-refractivity contribution in [1.29, 1.82) is 0 Å². The number of aromatic amines is 1. The molecule has 5 aromatic rings. The lowest BCUT2D eigenvalue weighted by Crippen LogP contribution is -1.98. The van der Waals surface area contributed by atoms with Crippen molar-refractivity contribution < 1.29 is 9.84 Å². The summed E-state index contributed by atoms with van der Waals surface area (Å²) >= 11 is 0. The second-order valence-electron chi connectivity index (χ2n) is 6.41. The van der Waals surface area contributed by atoms with E-state index >= 15 is 0 Å². The topological polar surface area (TPSA) is 65.6 Å². The number of H-pyrrole nitrogens is 1. The zero-order valence-electron chi connectivity index (χ0n) is 13.0. The van der Waals surface area contributed by atoms with Crippen LogP contribution in [0.1, 0.15) is 0 Å². The first-order valence-corrected chi connectivity index (χ1v) is 8.06. The van der Waals surface area contributed by atoms with Gasteiger partial charge in [0.15, 0.2) is 5.75 Å². The number of ether oxygens (including phenoxy) is 1. The number of aromatic hydroxyl groups is 1. The lowest BCUT2D eigenvalue weighted by atomic mass is 10.0. The number of rotatable bonds is 0. The average molecular weight is 325 g/mol. The van der Waals surface area contributed by atoms with Crippen LogP contribution in [-0.2, 0) is 0 Å². The van der Waals surface area contributed by atoms with Gasteiger partial charge in [0.25, 0.3) is 0 Å². The first-order valence-electron chi connectivity index (χ1n) is 8.06. The fourth-order valence-corrected chi connectivity index (χ4v) is 3.78. The number of benzene rings is 4. The Bertz CT molecular complexity index is 1450. The van der Waals surface area contributed by atoms with Crippen LogP contribution >= 0.6 is 0 Å². The van der Waals surface area contributed by atoms with Gasteiger partial charge in [0.05, 0.1) is 5.52 Å². The molecule has 0 saturated heterocycles. The minimum absolute atomic E-state index is 0.294. The first kappa shape index (κ1) is 12.8. The van der Waals surface area contributed by atoms with E-state index in [1.54, 1.807) is 6.07 Å². The molecule has 6 rings (SSSR count). The quantitative estimate of drug-likeness (QED) is 0.239. The van der Waals surface area contributed by atoms with Crippen LogP contribution in [0.5, 0.6) is 17.2 Å². The highest BCUT2D eigenvalue weighted by Crippen LogP contribution is 2.56. The summed E-state index contributed by atoms with van der Waals surface area (Å²) in [6.07, 6.45) is 0. The van der Waals surface area contributed by atoms with Crippen molar-refractivity contribution >= 4 is 43.4 Å². The van der Waals surface area contributed by atoms with Crippen LogP contribution in [0.15, 0.2) is 59.4 Å². The first-order chi connectivity index (χ1) is 12.2. The fourth-order valence-electron chi connectivity index (χ4n) is 3.78. The normalized spacial score (nSPS) is 12.6. The van der Waals surface area contributed by atoms with Gasteiger partial charge in [0.1, 0.15) is 0 Å². The van der Waals surface area contributed by atoms with Gasteiger partial charge in [-0.05, 0) is 29.0 Å². The maximum absolute atomic E-state index is 12.3. The van der Waals surface area contributed by atoms with E-state index in [9.17, 15) is 9.90 Å². The van der Waals surface area contributed by atoms with Crippen LogP contribution in [-0.4, -0.2) is 10.1 Å². The Labute approximate surface area is 140 Å². The van der Waals surface area contributed by atoms with Gasteiger partial charge in [0.2, 0.25) is 16.9 Å². The Morgan fingerprint density at radius 3 is 2.60 bits per heavy atom. The average Bonchev–Trinajstić information content (AvgIpc) is 3.44. The summed E-state index contributed by atoms with van der Waals surface area (Å²) in [4.78, 5) is 15.8. The molecule has 0 atom stereocenters. The SMILES string of the molecule is O=c1c(O)c2c(c3c1ccc1[nH]c4c(ccc5ccccc54)cc13)O2. The molecule has 1 aliphatic rings. The van der Waals surface area contributed by atoms with Crippen LogP contribution in [0.25, 0.3) is 43.4 Å². The van der Waals surface area contributed by atoms with Crippen molar-refractivity contribution in [3.63, 3.8) is 0 Å². The van der Waals surface area contributed by atoms with E-state index < -0.39 is 0 Å². The molecule has 25 heavy (non-hydrogen) atoms. The highest BCUT2D eigenvalue weighted by Gasteiger charge is 2.32. The number of pyridine rings is 1. The minimum Gasteiger partial charge on any atom is -0.501 e. The summed E-state index contributed by atoms with van der Waals surface area (Å²) in [5.41, 5.74) is 1.61. The van der Waals surface area contributed by atoms with Gasteiger partial charge in [0, 0.05) is 27.1 Å². The van der Waals surface area contributed by atoms with Gasteiger partial charge >= 0.3 is 0 Å². The molecule has 0 radical (unpaired) electrons. The van der Waals surface area contributed by atoms with Crippen LogP contribution < -0.4 is 10.2 Å². The van der Waals surface area contributed by atoms with E-state index in [0.717, 1.165) is 32.6 Å². The van der Waals surface area contributed by atoms with Crippen LogP contribution in [0.3, 0.4) is 0 Å². The molecule has 2 N–H and O–H groups in total. The summed E-state index contributed by atoms with van der Waals surface area (Å²) < 4.78 is 5.39. The summed E-state index contributed by atoms with van der Waals surface area (Å²) in [6.45, 7) is 0. The monoisotopic (exact) mass is 325 g/mol. The lowest BCUT2D eigenvalue weighted by Gasteiger charge is -2.08. The maximum Gasteiger partial charge on any atom is 0.232 e. The predicted octanol–water partition coefficient (Wildman–Crippen LogP) is 4.80. The molecular weight excluding hydrogens is 314 g/mol. The van der Waals surface area contributed by atoms with E-state index in [0.29, 0.717) is 16.9 Å². The van der Waals surface area contributed by atoms with Crippen molar-refractivity contribution in [2.75, 3.05) is 0 Å². The van der Waals surface area contributed by atoms with Gasteiger partial charge in [-0.2, -0.15) is 0 Å². The molecule has 1 aliphatic heterocycles. The Morgan fingerprint density at radius 1 is 0.840 bits per heavy atom. The molecular formula is C21H11NO3. The van der Waals surface area contributed by atoms with Crippen molar-refractivity contribution in [2.24, 2.45) is 0 Å². The molecule has 4 aromatic carbocycles. The standard InChI is InChI=1S/C21H11NO3/c23-18-13-7-8-15-14(16(13)20-21(25-20)19(18)24)9-11-6-5-10-3-1-2-4-12(10)17(11)22-15/h1-9,22,24H. The van der Waals surface area contributed by atoms with Gasteiger partial charge in [-0.1, -0.05) is 36.4 Å². The predicted molar refractivity (Wildman–Crippen MR) is 98.8 cm³/mol. The molecule has 0 spiro atoms. The molecule has 2 heterocycles. The lowest BCUT2D eigenvalue weighted by molar-refractivity contribution is 0.459. The Hall–Kier alpha value is -3.53. The molecule has 0 saturated carbocycles. The molecule has 1 aromatic heterocycles. The molecule has 0 unspecified atom stereocenters. The molecule has 0 fully saturated rings. The van der Waals surface area contributed by atoms with Gasteiger partial charge in [-0.15, -0.1) is 0 Å². The third kappa shape index (κ3) is 1.53. The number of hydrogen-bond donors (Lipinski definition) is 2. The summed E-state index contributed by atoms with van der Waals surface area (Å²) in [7, 11) is 0. The number of fused-ring (bicyclic) bond motifs is 8. The second kappa shape index (κ2) is 4.11. The highest BCUT2D eigenvalue weighted by atomic mass is 16.6. The van der Waals surface area contributed by atoms with Crippen molar-refractivity contribution in [3.05, 3.63) is 64.8 Å². The third-order valence-corrected chi connectivity index (χ3v) is 5.04. The van der Waals surface area contributed by atoms with Crippen LogP contribution in [0.2, 0.25) is 0 Å². The summed E-state index contributed by atoms with van der Waals surface area (Å²) in [5, 5.41) is 15.4. The maximum atomic E-state index is 12.3. The Kier molecular flexibility index (Phi) is 2.11. The highest BCUT2D eigenvalue weighted by molar-refractivity contribution is 6.17. The summed E-state index contributed by atoms with van der Waals surface area (Å²) in [6, 6.07) is 18.1. The summed E-state index contributed by atoms with van der Waals surface area (Å²) in [5.74, 6) is 0.618. The van der Waals surface area contributed by atoms with Crippen molar-refractivity contribution in [2.45, 2.75) is 0 Å². The fraction of sp³-hybridized carbons (Fsp3) is 0. The number of aromatic nitrogens is 1. The number of hydrogen-bond acceptors (Lipinski definition) is 3. The zero-order valence-corrected chi connectivity index (χ0v) is 13.0. The molecule has 0 amide bonds. The van der Waals surface area contributed by atoms with E-state index in [4.69, 9.17) is 4.74 Å². The number of phenols is 1. The van der Waals surface area contributed by atoms with E-state index in [1.165, 1.54) is 5.39 Å². The Balaban J connectivity index is 1.85. The molecule has 118 valence electrons. The van der Waals surface area contributed by atoms with Gasteiger partial charge < -0.3 is 14.8 Å². The smallest absolute Gasteiger partial charge is 0.232 e. The van der Waals surface area contributed by atoms with Gasteiger partial charge in [-0.3, -0.25) is 4.79 Å². The van der Waals surface area contributed by atoms with Gasteiger partial charge in [-0.25, -0.2) is 0 Å². The largest absolute Gasteiger partial charge is 0.501 e. The third-order valence-electron chi connectivity index (χ3n) is 5.04. The molecule has 4 heteroatoms. The van der Waals surface area contributed by atoms with E-state index in [2.05, 4.69) is 35.3 Å². The zero-order chi connectivity index (χ0) is 16.7. The number of phenolic OH excluding ortho intramolecular Hbond substituents is 1. The van der Waals surface area contributed by atoms with Crippen molar-refractivity contribution in [3.8, 4) is 17.2 Å². The van der Waals surface area contributed by atoms with E-state index in [-0.39, 0.29) is 11.2 Å². The number of nitrogens with one attached hydrogen (secondary N) is 1.